The van der Waals surface area contributed by atoms with Crippen LogP contribution in [-0.2, 0) is 4.79 Å². The lowest BCUT2D eigenvalue weighted by atomic mass is 9.99. The van der Waals surface area contributed by atoms with E-state index in [0.717, 1.165) is 28.6 Å². The normalized spacial score (nSPS) is 12.0. The van der Waals surface area contributed by atoms with Gasteiger partial charge in [-0.15, -0.1) is 13.2 Å². The van der Waals surface area contributed by atoms with E-state index in [0.29, 0.717) is 34.8 Å². The summed E-state index contributed by atoms with van der Waals surface area (Å²) < 4.78 is 65.7. The highest BCUT2D eigenvalue weighted by molar-refractivity contribution is 6.05. The number of anilines is 1. The molecular weight excluding hydrogens is 478 g/mol. The molecule has 1 heterocycles. The maximum atomic E-state index is 13.4. The molecule has 0 aliphatic heterocycles. The highest BCUT2D eigenvalue weighted by atomic mass is 19.4. The number of rotatable bonds is 7. The summed E-state index contributed by atoms with van der Waals surface area (Å²) in [6, 6.07) is 14.4. The topological polar surface area (TPSA) is 60.7 Å². The second-order valence-electron chi connectivity index (χ2n) is 7.82. The van der Waals surface area contributed by atoms with Crippen molar-refractivity contribution in [2.24, 2.45) is 0 Å². The third-order valence-electron chi connectivity index (χ3n) is 5.26. The standard InChI is InChI=1S/C27H21F4NO4/c1-3-34-24-14-25-22(23(15-35-25)17-4-6-18(28)7-5-17)13-21(24)16(2)12-26(33)32-19-8-10-20(11-9-19)36-27(29,30)31/h4-15H,3H2,1-2H3,(H,32,33)/b16-12+. The van der Waals surface area contributed by atoms with Gasteiger partial charge < -0.3 is 19.2 Å². The van der Waals surface area contributed by atoms with Crippen LogP contribution in [0.5, 0.6) is 11.5 Å². The van der Waals surface area contributed by atoms with Gasteiger partial charge in [0, 0.05) is 34.3 Å². The van der Waals surface area contributed by atoms with Gasteiger partial charge in [0.15, 0.2) is 0 Å². The number of furan rings is 1. The molecule has 0 unspecified atom stereocenters. The minimum absolute atomic E-state index is 0.299. The largest absolute Gasteiger partial charge is 0.573 e. The van der Waals surface area contributed by atoms with Crippen molar-refractivity contribution >= 4 is 28.1 Å². The average Bonchev–Trinajstić information content (AvgIpc) is 3.22. The first-order chi connectivity index (χ1) is 17.1. The number of hydrogen-bond donors (Lipinski definition) is 1. The number of allylic oxidation sites excluding steroid dienone is 1. The van der Waals surface area contributed by atoms with Crippen molar-refractivity contribution in [1.29, 1.82) is 0 Å². The lowest BCUT2D eigenvalue weighted by Gasteiger charge is -2.12. The summed E-state index contributed by atoms with van der Waals surface area (Å²) in [5.74, 6) is -0.706. The molecule has 186 valence electrons. The lowest BCUT2D eigenvalue weighted by molar-refractivity contribution is -0.274. The van der Waals surface area contributed by atoms with Crippen molar-refractivity contribution < 1.29 is 36.2 Å². The fraction of sp³-hybridized carbons (Fsp3) is 0.148. The van der Waals surface area contributed by atoms with Crippen LogP contribution in [0.4, 0.5) is 23.2 Å². The Balaban J connectivity index is 1.61. The predicted molar refractivity (Wildman–Crippen MR) is 128 cm³/mol. The van der Waals surface area contributed by atoms with Crippen molar-refractivity contribution in [1.82, 2.24) is 0 Å². The van der Waals surface area contributed by atoms with Crippen LogP contribution in [0.3, 0.4) is 0 Å². The van der Waals surface area contributed by atoms with E-state index in [1.165, 1.54) is 30.3 Å². The van der Waals surface area contributed by atoms with E-state index in [-0.39, 0.29) is 11.6 Å². The monoisotopic (exact) mass is 499 g/mol. The number of ether oxygens (including phenoxy) is 2. The molecule has 4 aromatic rings. The molecule has 0 atom stereocenters. The first-order valence-corrected chi connectivity index (χ1v) is 10.9. The van der Waals surface area contributed by atoms with Crippen molar-refractivity contribution in [3.8, 4) is 22.6 Å². The first kappa shape index (κ1) is 24.8. The first-order valence-electron chi connectivity index (χ1n) is 10.9. The van der Waals surface area contributed by atoms with Gasteiger partial charge in [0.2, 0.25) is 5.91 Å². The molecule has 0 spiro atoms. The van der Waals surface area contributed by atoms with E-state index in [1.54, 1.807) is 31.4 Å². The molecule has 0 aliphatic carbocycles. The van der Waals surface area contributed by atoms with Gasteiger partial charge in [-0.25, -0.2) is 4.39 Å². The number of nitrogens with one attached hydrogen (secondary N) is 1. The summed E-state index contributed by atoms with van der Waals surface area (Å²) in [4.78, 5) is 12.6. The van der Waals surface area contributed by atoms with Gasteiger partial charge in [-0.1, -0.05) is 12.1 Å². The minimum atomic E-state index is -4.80. The molecule has 3 aromatic carbocycles. The van der Waals surface area contributed by atoms with Crippen LogP contribution >= 0.6 is 0 Å². The zero-order valence-corrected chi connectivity index (χ0v) is 19.3. The Hall–Kier alpha value is -4.27. The number of carbonyl (C=O) groups is 1. The number of halogens is 4. The molecule has 0 bridgehead atoms. The number of alkyl halides is 3. The Morgan fingerprint density at radius 2 is 1.75 bits per heavy atom. The molecule has 1 aromatic heterocycles. The second kappa shape index (κ2) is 10.2. The smallest absolute Gasteiger partial charge is 0.493 e. The Morgan fingerprint density at radius 3 is 2.39 bits per heavy atom. The maximum Gasteiger partial charge on any atom is 0.573 e. The van der Waals surface area contributed by atoms with Crippen LogP contribution in [0, 0.1) is 5.82 Å². The van der Waals surface area contributed by atoms with Gasteiger partial charge >= 0.3 is 6.36 Å². The third-order valence-corrected chi connectivity index (χ3v) is 5.26. The highest BCUT2D eigenvalue weighted by Gasteiger charge is 2.31. The molecule has 1 amide bonds. The molecule has 36 heavy (non-hydrogen) atoms. The molecule has 5 nitrogen and oxygen atoms in total. The Bertz CT molecular complexity index is 1400. The summed E-state index contributed by atoms with van der Waals surface area (Å²) in [7, 11) is 0. The van der Waals surface area contributed by atoms with E-state index in [4.69, 9.17) is 9.15 Å². The van der Waals surface area contributed by atoms with Gasteiger partial charge in [0.05, 0.1) is 12.9 Å². The summed E-state index contributed by atoms with van der Waals surface area (Å²) in [6.07, 6.45) is -1.85. The maximum absolute atomic E-state index is 13.4. The Kier molecular flexibility index (Phi) is 7.00. The van der Waals surface area contributed by atoms with Gasteiger partial charge in [-0.05, 0) is 67.4 Å². The second-order valence-corrected chi connectivity index (χ2v) is 7.82. The number of amides is 1. The van der Waals surface area contributed by atoms with Crippen LogP contribution in [0.25, 0.3) is 27.7 Å². The number of fused-ring (bicyclic) bond motifs is 1. The van der Waals surface area contributed by atoms with Crippen LogP contribution in [-0.4, -0.2) is 18.9 Å². The Labute approximate surface area is 203 Å². The van der Waals surface area contributed by atoms with E-state index >= 15 is 0 Å². The molecule has 0 saturated carbocycles. The van der Waals surface area contributed by atoms with Crippen molar-refractivity contribution in [3.63, 3.8) is 0 Å². The van der Waals surface area contributed by atoms with Crippen LogP contribution in [0.1, 0.15) is 19.4 Å². The van der Waals surface area contributed by atoms with Crippen LogP contribution < -0.4 is 14.8 Å². The molecule has 0 fully saturated rings. The predicted octanol–water partition coefficient (Wildman–Crippen LogP) is 7.58. The molecular formula is C27H21F4NO4. The Morgan fingerprint density at radius 1 is 1.06 bits per heavy atom. The SMILES string of the molecule is CCOc1cc2occ(-c3ccc(F)cc3)c2cc1/C(C)=C/C(=O)Nc1ccc(OC(F)(F)F)cc1. The summed E-state index contributed by atoms with van der Waals surface area (Å²) in [5.41, 5.74) is 3.63. The average molecular weight is 499 g/mol. The van der Waals surface area contributed by atoms with E-state index < -0.39 is 12.3 Å². The van der Waals surface area contributed by atoms with Gasteiger partial charge in [0.25, 0.3) is 0 Å². The van der Waals surface area contributed by atoms with E-state index in [9.17, 15) is 22.4 Å². The molecule has 1 N–H and O–H groups in total. The van der Waals surface area contributed by atoms with Crippen molar-refractivity contribution in [3.05, 3.63) is 84.4 Å². The fourth-order valence-corrected chi connectivity index (χ4v) is 3.68. The molecule has 0 aliphatic rings. The van der Waals surface area contributed by atoms with Crippen LogP contribution in [0.15, 0.2) is 77.4 Å². The highest BCUT2D eigenvalue weighted by Crippen LogP contribution is 2.37. The van der Waals surface area contributed by atoms with E-state index in [2.05, 4.69) is 10.1 Å². The van der Waals surface area contributed by atoms with Crippen molar-refractivity contribution in [2.75, 3.05) is 11.9 Å². The van der Waals surface area contributed by atoms with Gasteiger partial charge in [-0.3, -0.25) is 4.79 Å². The third kappa shape index (κ3) is 5.86. The number of benzene rings is 3. The fourth-order valence-electron chi connectivity index (χ4n) is 3.68. The van der Waals surface area contributed by atoms with Gasteiger partial charge in [-0.2, -0.15) is 0 Å². The number of carbonyl (C=O) groups excluding carboxylic acids is 1. The van der Waals surface area contributed by atoms with E-state index in [1.807, 2.05) is 13.0 Å². The summed E-state index contributed by atoms with van der Waals surface area (Å²) in [5, 5.41) is 3.37. The number of hydrogen-bond acceptors (Lipinski definition) is 4. The van der Waals surface area contributed by atoms with Gasteiger partial charge in [0.1, 0.15) is 22.9 Å². The minimum Gasteiger partial charge on any atom is -0.493 e. The zero-order chi connectivity index (χ0) is 25.9. The quantitative estimate of drug-likeness (QED) is 0.210. The lowest BCUT2D eigenvalue weighted by Crippen LogP contribution is -2.17. The molecule has 9 heteroatoms. The summed E-state index contributed by atoms with van der Waals surface area (Å²) >= 11 is 0. The van der Waals surface area contributed by atoms with Crippen molar-refractivity contribution in [2.45, 2.75) is 20.2 Å². The summed E-state index contributed by atoms with van der Waals surface area (Å²) in [6.45, 7) is 3.95. The zero-order valence-electron chi connectivity index (χ0n) is 19.3. The molecule has 0 radical (unpaired) electrons. The molecule has 4 rings (SSSR count). The molecule has 0 saturated heterocycles. The van der Waals surface area contributed by atoms with Crippen LogP contribution in [0.2, 0.25) is 0 Å².